The highest BCUT2D eigenvalue weighted by Crippen LogP contribution is 2.18. The smallest absolute Gasteiger partial charge is 0.379 e. The second-order valence-electron chi connectivity index (χ2n) is 5.37. The van der Waals surface area contributed by atoms with E-state index in [1.165, 1.54) is 30.7 Å². The summed E-state index contributed by atoms with van der Waals surface area (Å²) in [6.07, 6.45) is 4.27. The lowest BCUT2D eigenvalue weighted by Gasteiger charge is -2.04. The first-order valence-electron chi connectivity index (χ1n) is 7.94. The first-order chi connectivity index (χ1) is 13.2. The van der Waals surface area contributed by atoms with E-state index in [2.05, 4.69) is 5.32 Å². The van der Waals surface area contributed by atoms with Gasteiger partial charge < -0.3 is 18.9 Å². The molecule has 0 radical (unpaired) electrons. The third-order valence-electron chi connectivity index (χ3n) is 3.47. The molecule has 0 atom stereocenters. The van der Waals surface area contributed by atoms with Gasteiger partial charge in [-0.05, 0) is 48.0 Å². The quantitative estimate of drug-likeness (QED) is 0.312. The molecule has 0 fully saturated rings. The maximum absolute atomic E-state index is 12.2. The zero-order valence-corrected chi connectivity index (χ0v) is 14.0. The lowest BCUT2D eigenvalue weighted by Crippen LogP contribution is -2.23. The summed E-state index contributed by atoms with van der Waals surface area (Å²) in [5, 5.41) is 11.9. The average molecular weight is 362 g/mol. The van der Waals surface area contributed by atoms with E-state index in [9.17, 15) is 14.9 Å². The number of hydrogen-bond acceptors (Lipinski definition) is 6. The second kappa shape index (κ2) is 8.36. The number of nitrogens with zero attached hydrogens (tertiary/aromatic N) is 1. The summed E-state index contributed by atoms with van der Waals surface area (Å²) in [5.41, 5.74) is 0.445. The Morgan fingerprint density at radius 1 is 1.11 bits per heavy atom. The molecule has 7 heteroatoms. The molecule has 7 nitrogen and oxygen atoms in total. The number of nitrogens with one attached hydrogen (secondary N) is 1. The highest BCUT2D eigenvalue weighted by Gasteiger charge is 2.12. The average Bonchev–Trinajstić information content (AvgIpc) is 3.38. The molecule has 2 aromatic heterocycles. The van der Waals surface area contributed by atoms with Crippen LogP contribution in [0, 0.1) is 11.3 Å². The molecule has 0 aliphatic heterocycles. The van der Waals surface area contributed by atoms with Gasteiger partial charge in [0.15, 0.2) is 0 Å². The Morgan fingerprint density at radius 2 is 1.93 bits per heavy atom. The van der Waals surface area contributed by atoms with Crippen molar-refractivity contribution in [2.45, 2.75) is 6.54 Å². The van der Waals surface area contributed by atoms with Crippen molar-refractivity contribution in [2.75, 3.05) is 0 Å². The van der Waals surface area contributed by atoms with Crippen molar-refractivity contribution in [1.82, 2.24) is 5.32 Å². The monoisotopic (exact) mass is 362 g/mol. The molecule has 27 heavy (non-hydrogen) atoms. The van der Waals surface area contributed by atoms with E-state index in [1.54, 1.807) is 36.4 Å². The van der Waals surface area contributed by atoms with E-state index in [0.29, 0.717) is 11.3 Å². The predicted octanol–water partition coefficient (Wildman–Crippen LogP) is 3.32. The van der Waals surface area contributed by atoms with Gasteiger partial charge in [-0.15, -0.1) is 0 Å². The van der Waals surface area contributed by atoms with Gasteiger partial charge in [-0.3, -0.25) is 4.79 Å². The molecule has 3 rings (SSSR count). The van der Waals surface area contributed by atoms with Crippen LogP contribution in [0.5, 0.6) is 5.75 Å². The van der Waals surface area contributed by atoms with Gasteiger partial charge in [-0.25, -0.2) is 4.79 Å². The molecular formula is C20H14N2O5. The SMILES string of the molecule is N#CC(=Cc1cccc(OC(=O)c2ccco2)c1)C(=O)NCc1ccco1. The topological polar surface area (TPSA) is 105 Å². The van der Waals surface area contributed by atoms with Gasteiger partial charge in [0.2, 0.25) is 5.76 Å². The fourth-order valence-corrected chi connectivity index (χ4v) is 2.21. The molecule has 1 N–H and O–H groups in total. The van der Waals surface area contributed by atoms with Crippen molar-refractivity contribution < 1.29 is 23.2 Å². The largest absolute Gasteiger partial charge is 0.467 e. The molecule has 2 heterocycles. The van der Waals surface area contributed by atoms with Crippen LogP contribution in [0.15, 0.2) is 75.5 Å². The molecule has 0 saturated heterocycles. The summed E-state index contributed by atoms with van der Waals surface area (Å²) in [6, 6.07) is 14.8. The van der Waals surface area contributed by atoms with Gasteiger partial charge in [0.25, 0.3) is 5.91 Å². The van der Waals surface area contributed by atoms with Crippen LogP contribution in [0.2, 0.25) is 0 Å². The van der Waals surface area contributed by atoms with Crippen LogP contribution in [-0.2, 0) is 11.3 Å². The zero-order valence-electron chi connectivity index (χ0n) is 14.0. The Morgan fingerprint density at radius 3 is 2.63 bits per heavy atom. The van der Waals surface area contributed by atoms with Gasteiger partial charge in [0.1, 0.15) is 23.2 Å². The normalized spacial score (nSPS) is 10.9. The van der Waals surface area contributed by atoms with Gasteiger partial charge in [-0.1, -0.05) is 12.1 Å². The van der Waals surface area contributed by atoms with E-state index >= 15 is 0 Å². The van der Waals surface area contributed by atoms with E-state index in [1.807, 2.05) is 6.07 Å². The molecule has 1 aromatic carbocycles. The van der Waals surface area contributed by atoms with Crippen molar-refractivity contribution in [3.8, 4) is 11.8 Å². The predicted molar refractivity (Wildman–Crippen MR) is 94.3 cm³/mol. The molecule has 3 aromatic rings. The number of hydrogen-bond donors (Lipinski definition) is 1. The molecule has 0 saturated carbocycles. The zero-order chi connectivity index (χ0) is 19.1. The summed E-state index contributed by atoms with van der Waals surface area (Å²) in [7, 11) is 0. The molecule has 0 aliphatic carbocycles. The van der Waals surface area contributed by atoms with Crippen molar-refractivity contribution in [2.24, 2.45) is 0 Å². The third-order valence-corrected chi connectivity index (χ3v) is 3.47. The first-order valence-corrected chi connectivity index (χ1v) is 7.94. The van der Waals surface area contributed by atoms with Crippen molar-refractivity contribution in [1.29, 1.82) is 5.26 Å². The van der Waals surface area contributed by atoms with Crippen LogP contribution in [0.3, 0.4) is 0 Å². The van der Waals surface area contributed by atoms with Crippen LogP contribution in [0.1, 0.15) is 21.9 Å². The highest BCUT2D eigenvalue weighted by molar-refractivity contribution is 6.01. The highest BCUT2D eigenvalue weighted by atomic mass is 16.5. The van der Waals surface area contributed by atoms with Gasteiger partial charge in [-0.2, -0.15) is 5.26 Å². The van der Waals surface area contributed by atoms with E-state index < -0.39 is 11.9 Å². The van der Waals surface area contributed by atoms with Crippen molar-refractivity contribution >= 4 is 18.0 Å². The molecule has 0 bridgehead atoms. The number of rotatable bonds is 6. The van der Waals surface area contributed by atoms with Gasteiger partial charge in [0, 0.05) is 0 Å². The summed E-state index contributed by atoms with van der Waals surface area (Å²) in [5.74, 6) is -0.262. The number of esters is 1. The van der Waals surface area contributed by atoms with Gasteiger partial charge >= 0.3 is 5.97 Å². The van der Waals surface area contributed by atoms with Crippen LogP contribution in [0.25, 0.3) is 6.08 Å². The molecule has 0 spiro atoms. The molecule has 1 amide bonds. The van der Waals surface area contributed by atoms with Gasteiger partial charge in [0.05, 0.1) is 19.1 Å². The lowest BCUT2D eigenvalue weighted by molar-refractivity contribution is -0.117. The third kappa shape index (κ3) is 4.74. The number of benzene rings is 1. The Balaban J connectivity index is 1.69. The summed E-state index contributed by atoms with van der Waals surface area (Å²) < 4.78 is 15.3. The number of amides is 1. The van der Waals surface area contributed by atoms with Crippen molar-refractivity contribution in [3.63, 3.8) is 0 Å². The summed E-state index contributed by atoms with van der Waals surface area (Å²) in [6.45, 7) is 0.172. The van der Waals surface area contributed by atoms with Crippen LogP contribution in [0.4, 0.5) is 0 Å². The Labute approximate surface area is 154 Å². The molecular weight excluding hydrogens is 348 g/mol. The fraction of sp³-hybridized carbons (Fsp3) is 0.0500. The fourth-order valence-electron chi connectivity index (χ4n) is 2.21. The Kier molecular flexibility index (Phi) is 5.50. The van der Waals surface area contributed by atoms with Crippen LogP contribution >= 0.6 is 0 Å². The lowest BCUT2D eigenvalue weighted by atomic mass is 10.1. The van der Waals surface area contributed by atoms with Crippen LogP contribution in [-0.4, -0.2) is 11.9 Å². The number of carbonyl (C=O) groups is 2. The molecule has 0 aliphatic rings. The maximum atomic E-state index is 12.2. The Hall–Kier alpha value is -4.05. The Bertz CT molecular complexity index is 995. The van der Waals surface area contributed by atoms with Crippen LogP contribution < -0.4 is 10.1 Å². The molecule has 134 valence electrons. The summed E-state index contributed by atoms with van der Waals surface area (Å²) in [4.78, 5) is 24.1. The second-order valence-corrected chi connectivity index (χ2v) is 5.37. The minimum atomic E-state index is -0.641. The molecule has 0 unspecified atom stereocenters. The number of ether oxygens (including phenoxy) is 1. The minimum Gasteiger partial charge on any atom is -0.467 e. The minimum absolute atomic E-state index is 0.0750. The summed E-state index contributed by atoms with van der Waals surface area (Å²) >= 11 is 0. The first kappa shape index (κ1) is 17.8. The number of furan rings is 2. The number of nitriles is 1. The van der Waals surface area contributed by atoms with E-state index in [4.69, 9.17) is 13.6 Å². The van der Waals surface area contributed by atoms with E-state index in [0.717, 1.165) is 0 Å². The van der Waals surface area contributed by atoms with E-state index in [-0.39, 0.29) is 23.6 Å². The maximum Gasteiger partial charge on any atom is 0.379 e. The number of carbonyl (C=O) groups excluding carboxylic acids is 2. The van der Waals surface area contributed by atoms with Crippen molar-refractivity contribution in [3.05, 3.63) is 83.7 Å². The standard InChI is InChI=1S/C20H14N2O5/c21-12-15(19(23)22-13-17-6-2-8-25-17)10-14-4-1-5-16(11-14)27-20(24)18-7-3-9-26-18/h1-11H,13H2,(H,22,23).